The quantitative estimate of drug-likeness (QED) is 0.614. The molecule has 2 aromatic carbocycles. The molecule has 2 heterocycles. The van der Waals surface area contributed by atoms with Crippen LogP contribution in [-0.4, -0.2) is 58.7 Å². The predicted molar refractivity (Wildman–Crippen MR) is 122 cm³/mol. The summed E-state index contributed by atoms with van der Waals surface area (Å²) < 4.78 is 48.1. The number of cyclic esters (lactones) is 1. The van der Waals surface area contributed by atoms with Crippen LogP contribution in [0.15, 0.2) is 53.4 Å². The molecule has 9 nitrogen and oxygen atoms in total. The van der Waals surface area contributed by atoms with Gasteiger partial charge in [0.1, 0.15) is 11.9 Å². The van der Waals surface area contributed by atoms with Crippen molar-refractivity contribution in [2.45, 2.75) is 24.0 Å². The van der Waals surface area contributed by atoms with Crippen LogP contribution in [0.5, 0.6) is 0 Å². The summed E-state index contributed by atoms with van der Waals surface area (Å²) >= 11 is 0. The standard InChI is InChI=1S/C23H25FN4O5S/c1-14(29)25-10-16-11-28(23(30)33-16)15-7-8-21(20(24)9-15)27-12-18-19(13-27)22(18)26-34(31,32)17-5-3-2-4-6-17/h2-9,16,18-19,22,26H,10-13H2,1H3,(H,25,29)/t16-,18?,19?,22?/m0/s1. The molecule has 2 unspecified atom stereocenters. The zero-order chi connectivity index (χ0) is 24.0. The Balaban J connectivity index is 1.20. The Bertz CT molecular complexity index is 1210. The first kappa shape index (κ1) is 22.6. The number of benzene rings is 2. The van der Waals surface area contributed by atoms with Crippen molar-refractivity contribution in [3.63, 3.8) is 0 Å². The maximum atomic E-state index is 15.0. The Labute approximate surface area is 196 Å². The summed E-state index contributed by atoms with van der Waals surface area (Å²) in [7, 11) is -3.58. The van der Waals surface area contributed by atoms with E-state index in [1.807, 2.05) is 4.90 Å². The van der Waals surface area contributed by atoms with Gasteiger partial charge in [0.2, 0.25) is 15.9 Å². The smallest absolute Gasteiger partial charge is 0.414 e. The highest BCUT2D eigenvalue weighted by Gasteiger charge is 2.57. The molecule has 3 fully saturated rings. The predicted octanol–water partition coefficient (Wildman–Crippen LogP) is 1.70. The molecule has 5 rings (SSSR count). The lowest BCUT2D eigenvalue weighted by molar-refractivity contribution is -0.119. The van der Waals surface area contributed by atoms with E-state index in [1.165, 1.54) is 17.9 Å². The van der Waals surface area contributed by atoms with Crippen LogP contribution in [-0.2, 0) is 19.6 Å². The Hall–Kier alpha value is -3.18. The van der Waals surface area contributed by atoms with Crippen LogP contribution in [0.4, 0.5) is 20.6 Å². The number of fused-ring (bicyclic) bond motifs is 1. The van der Waals surface area contributed by atoms with E-state index < -0.39 is 28.0 Å². The van der Waals surface area contributed by atoms with Gasteiger partial charge in [0.25, 0.3) is 0 Å². The van der Waals surface area contributed by atoms with Gasteiger partial charge in [-0.05, 0) is 42.2 Å². The largest absolute Gasteiger partial charge is 0.442 e. The molecule has 0 bridgehead atoms. The molecule has 0 radical (unpaired) electrons. The summed E-state index contributed by atoms with van der Waals surface area (Å²) in [5.41, 5.74) is 0.803. The zero-order valence-electron chi connectivity index (χ0n) is 18.5. The van der Waals surface area contributed by atoms with Gasteiger partial charge in [-0.2, -0.15) is 0 Å². The number of nitrogens with zero attached hydrogens (tertiary/aromatic N) is 2. The van der Waals surface area contributed by atoms with E-state index in [1.54, 1.807) is 42.5 Å². The van der Waals surface area contributed by atoms with Crippen molar-refractivity contribution in [1.29, 1.82) is 0 Å². The van der Waals surface area contributed by atoms with E-state index in [-0.39, 0.29) is 41.8 Å². The molecule has 2 N–H and O–H groups in total. The molecule has 0 spiro atoms. The van der Waals surface area contributed by atoms with Crippen LogP contribution >= 0.6 is 0 Å². The van der Waals surface area contributed by atoms with Gasteiger partial charge >= 0.3 is 6.09 Å². The lowest BCUT2D eigenvalue weighted by atomic mass is 10.2. The molecular formula is C23H25FN4O5S. The maximum absolute atomic E-state index is 15.0. The van der Waals surface area contributed by atoms with Crippen LogP contribution in [0.1, 0.15) is 6.92 Å². The molecule has 3 atom stereocenters. The number of carbonyl (C=O) groups excluding carboxylic acids is 2. The summed E-state index contributed by atoms with van der Waals surface area (Å²) in [5, 5.41) is 2.61. The number of ether oxygens (including phenoxy) is 1. The van der Waals surface area contributed by atoms with Gasteiger partial charge in [-0.25, -0.2) is 22.3 Å². The molecule has 1 saturated carbocycles. The van der Waals surface area contributed by atoms with Gasteiger partial charge in [-0.3, -0.25) is 9.69 Å². The van der Waals surface area contributed by atoms with Gasteiger partial charge < -0.3 is 15.0 Å². The molecule has 2 saturated heterocycles. The number of piperidine rings is 1. The third-order valence-corrected chi connectivity index (χ3v) is 8.05. The number of amides is 2. The second-order valence-corrected chi connectivity index (χ2v) is 10.6. The highest BCUT2D eigenvalue weighted by Crippen LogP contribution is 2.48. The number of anilines is 2. The molecule has 1 aliphatic carbocycles. The number of halogens is 1. The van der Waals surface area contributed by atoms with E-state index in [9.17, 15) is 22.4 Å². The van der Waals surface area contributed by atoms with Gasteiger partial charge in [-0.1, -0.05) is 18.2 Å². The highest BCUT2D eigenvalue weighted by molar-refractivity contribution is 7.89. The van der Waals surface area contributed by atoms with Crippen LogP contribution in [0.3, 0.4) is 0 Å². The van der Waals surface area contributed by atoms with E-state index in [0.29, 0.717) is 24.5 Å². The van der Waals surface area contributed by atoms with Crippen LogP contribution < -0.4 is 19.8 Å². The minimum atomic E-state index is -3.58. The monoisotopic (exact) mass is 488 g/mol. The summed E-state index contributed by atoms with van der Waals surface area (Å²) in [4.78, 5) is 26.7. The highest BCUT2D eigenvalue weighted by atomic mass is 32.2. The molecular weight excluding hydrogens is 463 g/mol. The first-order chi connectivity index (χ1) is 16.2. The fraction of sp³-hybridized carbons (Fsp3) is 0.391. The van der Waals surface area contributed by atoms with Gasteiger partial charge in [-0.15, -0.1) is 0 Å². The lowest BCUT2D eigenvalue weighted by Crippen LogP contribution is -2.35. The Morgan fingerprint density at radius 1 is 1.12 bits per heavy atom. The number of nitrogens with one attached hydrogen (secondary N) is 2. The van der Waals surface area contributed by atoms with Crippen molar-refractivity contribution < 1.29 is 27.1 Å². The Morgan fingerprint density at radius 3 is 2.47 bits per heavy atom. The second-order valence-electron chi connectivity index (χ2n) is 8.88. The molecule has 34 heavy (non-hydrogen) atoms. The molecule has 0 aromatic heterocycles. The second kappa shape index (κ2) is 8.55. The number of carbonyl (C=O) groups is 2. The summed E-state index contributed by atoms with van der Waals surface area (Å²) in [6.45, 7) is 2.89. The van der Waals surface area contributed by atoms with Crippen molar-refractivity contribution in [1.82, 2.24) is 10.0 Å². The molecule has 180 valence electrons. The van der Waals surface area contributed by atoms with Gasteiger partial charge in [0.05, 0.1) is 29.4 Å². The van der Waals surface area contributed by atoms with Crippen molar-refractivity contribution in [2.75, 3.05) is 36.0 Å². The third-order valence-electron chi connectivity index (χ3n) is 6.58. The zero-order valence-corrected chi connectivity index (χ0v) is 19.3. The SMILES string of the molecule is CC(=O)NC[C@H]1CN(c2ccc(N3CC4C(C3)C4NS(=O)(=O)c3ccccc3)c(F)c2)C(=O)O1. The summed E-state index contributed by atoms with van der Waals surface area (Å²) in [6.07, 6.45) is -1.08. The van der Waals surface area contributed by atoms with E-state index in [2.05, 4.69) is 10.0 Å². The van der Waals surface area contributed by atoms with Crippen molar-refractivity contribution >= 4 is 33.4 Å². The van der Waals surface area contributed by atoms with E-state index >= 15 is 0 Å². The van der Waals surface area contributed by atoms with Gasteiger partial charge in [0.15, 0.2) is 0 Å². The van der Waals surface area contributed by atoms with Crippen molar-refractivity contribution in [3.8, 4) is 0 Å². The normalized spacial score (nSPS) is 25.8. The van der Waals surface area contributed by atoms with Crippen molar-refractivity contribution in [3.05, 3.63) is 54.3 Å². The molecule has 2 aromatic rings. The fourth-order valence-electron chi connectivity index (χ4n) is 4.76. The molecule has 2 amide bonds. The summed E-state index contributed by atoms with van der Waals surface area (Å²) in [5.74, 6) is -0.427. The fourth-order valence-corrected chi connectivity index (χ4v) is 6.12. The van der Waals surface area contributed by atoms with Crippen LogP contribution in [0, 0.1) is 17.7 Å². The van der Waals surface area contributed by atoms with Crippen LogP contribution in [0.25, 0.3) is 0 Å². The maximum Gasteiger partial charge on any atom is 0.414 e. The minimum Gasteiger partial charge on any atom is -0.442 e. The first-order valence-corrected chi connectivity index (χ1v) is 12.6. The van der Waals surface area contributed by atoms with Crippen LogP contribution in [0.2, 0.25) is 0 Å². The number of sulfonamides is 1. The molecule has 2 aliphatic heterocycles. The average Bonchev–Trinajstić information content (AvgIpc) is 3.14. The average molecular weight is 489 g/mol. The molecule has 3 aliphatic rings. The van der Waals surface area contributed by atoms with E-state index in [0.717, 1.165) is 0 Å². The first-order valence-electron chi connectivity index (χ1n) is 11.1. The number of hydrogen-bond donors (Lipinski definition) is 2. The summed E-state index contributed by atoms with van der Waals surface area (Å²) in [6, 6.07) is 12.7. The van der Waals surface area contributed by atoms with Crippen molar-refractivity contribution in [2.24, 2.45) is 11.8 Å². The minimum absolute atomic E-state index is 0.126. The molecule has 11 heteroatoms. The third kappa shape index (κ3) is 4.32. The van der Waals surface area contributed by atoms with E-state index in [4.69, 9.17) is 4.74 Å². The Morgan fingerprint density at radius 2 is 1.82 bits per heavy atom. The Kier molecular flexibility index (Phi) is 5.68. The number of hydrogen-bond acceptors (Lipinski definition) is 6. The number of rotatable bonds is 7. The topological polar surface area (TPSA) is 108 Å². The lowest BCUT2D eigenvalue weighted by Gasteiger charge is -2.24. The van der Waals surface area contributed by atoms with Gasteiger partial charge in [0, 0.05) is 26.1 Å².